The minimum Gasteiger partial charge on any atom is -0.385 e. The van der Waals surface area contributed by atoms with E-state index in [0.29, 0.717) is 56.3 Å². The Morgan fingerprint density at radius 2 is 2.05 bits per heavy atom. The van der Waals surface area contributed by atoms with Crippen molar-refractivity contribution in [3.05, 3.63) is 71.3 Å². The van der Waals surface area contributed by atoms with Crippen molar-refractivity contribution in [3.8, 4) is 6.07 Å². The molecule has 0 amide bonds. The SMILES string of the molecule is C[C@H]1CN(c2ccncc2Nc2ncc(/C=C\C(=N)c3c(F)cc(C4(O)CCCC4)cc3F)[nH]2)C[C@@H](N)[C@H]1OCCC#N. The van der Waals surface area contributed by atoms with E-state index in [1.165, 1.54) is 18.3 Å². The number of aromatic nitrogens is 3. The molecule has 226 valence electrons. The number of nitriles is 1. The highest BCUT2D eigenvalue weighted by Crippen LogP contribution is 2.39. The molecule has 3 aromatic rings. The molecule has 0 unspecified atom stereocenters. The Labute approximate surface area is 249 Å². The fourth-order valence-electron chi connectivity index (χ4n) is 6.01. The summed E-state index contributed by atoms with van der Waals surface area (Å²) in [5.41, 5.74) is 6.76. The fraction of sp³-hybridized carbons (Fsp3) is 0.419. The van der Waals surface area contributed by atoms with Crippen molar-refractivity contribution in [1.29, 1.82) is 10.7 Å². The molecule has 3 atom stereocenters. The fourth-order valence-corrected chi connectivity index (χ4v) is 6.01. The predicted molar refractivity (Wildman–Crippen MR) is 160 cm³/mol. The highest BCUT2D eigenvalue weighted by atomic mass is 19.1. The lowest BCUT2D eigenvalue weighted by Gasteiger charge is -2.42. The number of imidazole rings is 1. The third-order valence-electron chi connectivity index (χ3n) is 8.14. The maximum absolute atomic E-state index is 14.9. The lowest BCUT2D eigenvalue weighted by Crippen LogP contribution is -2.56. The van der Waals surface area contributed by atoms with Gasteiger partial charge in [0.05, 0.1) is 71.5 Å². The quantitative estimate of drug-likeness (QED) is 0.167. The van der Waals surface area contributed by atoms with Crippen LogP contribution < -0.4 is 16.0 Å². The summed E-state index contributed by atoms with van der Waals surface area (Å²) in [6.07, 6.45) is 10.4. The molecule has 5 rings (SSSR count). The van der Waals surface area contributed by atoms with Crippen molar-refractivity contribution in [2.45, 2.75) is 56.8 Å². The Bertz CT molecular complexity index is 1490. The van der Waals surface area contributed by atoms with E-state index in [4.69, 9.17) is 21.1 Å². The average Bonchev–Trinajstić information content (AvgIpc) is 3.63. The molecular weight excluding hydrogens is 554 g/mol. The maximum atomic E-state index is 14.9. The number of pyridine rings is 1. The standard InChI is InChI=1S/C31H36F2N8O2/c1-19-17-41(18-25(36)29(19)43-12-4-10-34)27-7-11-37-16-26(27)40-30-38-15-21(39-30)5-6-24(35)28-22(32)13-20(14-23(28)33)31(42)8-2-3-9-31/h5-7,11,13-16,19,25,29,35,42H,2-4,8-9,12,17-18,36H2,1H3,(H2,38,39,40)/b6-5-,35-24?/t19-,25+,29-/m0/s1. The third kappa shape index (κ3) is 6.74. The van der Waals surface area contributed by atoms with Gasteiger partial charge in [-0.25, -0.2) is 13.8 Å². The van der Waals surface area contributed by atoms with Crippen LogP contribution in [0.25, 0.3) is 6.08 Å². The first-order valence-corrected chi connectivity index (χ1v) is 14.4. The Kier molecular flexibility index (Phi) is 9.15. The van der Waals surface area contributed by atoms with Crippen LogP contribution in [0.2, 0.25) is 0 Å². The van der Waals surface area contributed by atoms with E-state index in [-0.39, 0.29) is 29.3 Å². The van der Waals surface area contributed by atoms with Gasteiger partial charge in [0, 0.05) is 31.2 Å². The number of nitrogens with two attached hydrogens (primary N) is 1. The van der Waals surface area contributed by atoms with Crippen molar-refractivity contribution in [1.82, 2.24) is 15.0 Å². The molecule has 1 saturated heterocycles. The highest BCUT2D eigenvalue weighted by Gasteiger charge is 2.35. The number of nitrogens with zero attached hydrogens (tertiary/aromatic N) is 4. The van der Waals surface area contributed by atoms with Gasteiger partial charge in [0.2, 0.25) is 5.95 Å². The molecule has 10 nitrogen and oxygen atoms in total. The van der Waals surface area contributed by atoms with E-state index in [2.05, 4.69) is 38.2 Å². The molecule has 1 saturated carbocycles. The van der Waals surface area contributed by atoms with Crippen LogP contribution in [0.15, 0.2) is 42.9 Å². The van der Waals surface area contributed by atoms with Crippen LogP contribution >= 0.6 is 0 Å². The molecular formula is C31H36F2N8O2. The Morgan fingerprint density at radius 3 is 2.74 bits per heavy atom. The summed E-state index contributed by atoms with van der Waals surface area (Å²) < 4.78 is 35.7. The number of nitrogens with one attached hydrogen (secondary N) is 3. The highest BCUT2D eigenvalue weighted by molar-refractivity contribution is 6.09. The van der Waals surface area contributed by atoms with Gasteiger partial charge in [0.1, 0.15) is 11.6 Å². The molecule has 1 aromatic carbocycles. The second-order valence-corrected chi connectivity index (χ2v) is 11.3. The van der Waals surface area contributed by atoms with Crippen molar-refractivity contribution in [3.63, 3.8) is 0 Å². The minimum absolute atomic E-state index is 0.137. The molecule has 2 fully saturated rings. The number of hydrogen-bond donors (Lipinski definition) is 5. The Morgan fingerprint density at radius 1 is 1.30 bits per heavy atom. The zero-order valence-electron chi connectivity index (χ0n) is 24.0. The monoisotopic (exact) mass is 590 g/mol. The largest absolute Gasteiger partial charge is 0.385 e. The number of benzene rings is 1. The molecule has 43 heavy (non-hydrogen) atoms. The number of anilines is 3. The summed E-state index contributed by atoms with van der Waals surface area (Å²) in [5, 5.41) is 31.0. The number of piperidine rings is 1. The maximum Gasteiger partial charge on any atom is 0.205 e. The average molecular weight is 591 g/mol. The molecule has 0 radical (unpaired) electrons. The molecule has 6 N–H and O–H groups in total. The second-order valence-electron chi connectivity index (χ2n) is 11.3. The van der Waals surface area contributed by atoms with Crippen LogP contribution in [0, 0.1) is 34.3 Å². The van der Waals surface area contributed by atoms with Gasteiger partial charge in [-0.3, -0.25) is 4.98 Å². The molecule has 1 aliphatic heterocycles. The molecule has 12 heteroatoms. The van der Waals surface area contributed by atoms with Crippen molar-refractivity contribution in [2.75, 3.05) is 29.9 Å². The van der Waals surface area contributed by atoms with Crippen LogP contribution in [0.5, 0.6) is 0 Å². The van der Waals surface area contributed by atoms with Gasteiger partial charge in [0.25, 0.3) is 0 Å². The zero-order chi connectivity index (χ0) is 30.6. The molecule has 2 aromatic heterocycles. The molecule has 1 aliphatic carbocycles. The van der Waals surface area contributed by atoms with E-state index in [1.807, 2.05) is 6.07 Å². The van der Waals surface area contributed by atoms with Crippen molar-refractivity contribution in [2.24, 2.45) is 11.7 Å². The number of H-pyrrole nitrogens is 1. The van der Waals surface area contributed by atoms with Gasteiger partial charge < -0.3 is 36.2 Å². The topological polar surface area (TPSA) is 160 Å². The number of aromatic amines is 1. The molecule has 0 spiro atoms. The van der Waals surface area contributed by atoms with Gasteiger partial charge in [-0.1, -0.05) is 19.8 Å². The number of ether oxygens (including phenoxy) is 1. The first-order valence-electron chi connectivity index (χ1n) is 14.4. The van der Waals surface area contributed by atoms with Crippen LogP contribution in [-0.4, -0.2) is 57.6 Å². The predicted octanol–water partition coefficient (Wildman–Crippen LogP) is 4.75. The van der Waals surface area contributed by atoms with E-state index in [0.717, 1.165) is 30.7 Å². The Hall–Kier alpha value is -4.18. The lowest BCUT2D eigenvalue weighted by atomic mass is 9.90. The van der Waals surface area contributed by atoms with Crippen molar-refractivity contribution >= 4 is 29.1 Å². The summed E-state index contributed by atoms with van der Waals surface area (Å²) >= 11 is 0. The van der Waals surface area contributed by atoms with E-state index >= 15 is 0 Å². The van der Waals surface area contributed by atoms with Crippen LogP contribution in [0.4, 0.5) is 26.1 Å². The van der Waals surface area contributed by atoms with Gasteiger partial charge >= 0.3 is 0 Å². The summed E-state index contributed by atoms with van der Waals surface area (Å²) in [7, 11) is 0. The summed E-state index contributed by atoms with van der Waals surface area (Å²) in [6, 6.07) is 6.01. The first-order chi connectivity index (χ1) is 20.7. The van der Waals surface area contributed by atoms with Gasteiger partial charge in [0.15, 0.2) is 0 Å². The van der Waals surface area contributed by atoms with E-state index in [9.17, 15) is 13.9 Å². The van der Waals surface area contributed by atoms with E-state index in [1.54, 1.807) is 12.4 Å². The van der Waals surface area contributed by atoms with Crippen LogP contribution in [0.3, 0.4) is 0 Å². The van der Waals surface area contributed by atoms with Crippen molar-refractivity contribution < 1.29 is 18.6 Å². The number of hydrogen-bond acceptors (Lipinski definition) is 9. The minimum atomic E-state index is -1.22. The summed E-state index contributed by atoms with van der Waals surface area (Å²) in [5.74, 6) is -1.21. The van der Waals surface area contributed by atoms with Gasteiger partial charge in [-0.15, -0.1) is 0 Å². The van der Waals surface area contributed by atoms with Crippen LogP contribution in [-0.2, 0) is 10.3 Å². The summed E-state index contributed by atoms with van der Waals surface area (Å²) in [6.45, 7) is 3.69. The third-order valence-corrected chi connectivity index (χ3v) is 8.14. The molecule has 3 heterocycles. The Balaban J connectivity index is 1.25. The lowest BCUT2D eigenvalue weighted by molar-refractivity contribution is -0.00331. The zero-order valence-corrected chi connectivity index (χ0v) is 24.0. The number of allylic oxidation sites excluding steroid dienone is 1. The van der Waals surface area contributed by atoms with Gasteiger partial charge in [-0.2, -0.15) is 5.26 Å². The van der Waals surface area contributed by atoms with E-state index < -0.39 is 22.8 Å². The smallest absolute Gasteiger partial charge is 0.205 e. The first kappa shape index (κ1) is 30.3. The molecule has 2 aliphatic rings. The van der Waals surface area contributed by atoms with Crippen LogP contribution in [0.1, 0.15) is 55.8 Å². The van der Waals surface area contributed by atoms with Gasteiger partial charge in [-0.05, 0) is 48.8 Å². The number of rotatable bonds is 10. The second kappa shape index (κ2) is 13.0. The normalized spacial score (nSPS) is 21.7. The number of aliphatic hydroxyl groups is 1. The summed E-state index contributed by atoms with van der Waals surface area (Å²) in [4.78, 5) is 13.8. The number of halogens is 2. The molecule has 0 bridgehead atoms.